The van der Waals surface area contributed by atoms with Gasteiger partial charge in [0.15, 0.2) is 0 Å². The Morgan fingerprint density at radius 2 is 1.67 bits per heavy atom. The molecule has 0 nitrogen and oxygen atoms in total. The van der Waals surface area contributed by atoms with Crippen molar-refractivity contribution in [2.24, 2.45) is 0 Å². The molecule has 1 rings (SSSR count). The molecule has 1 aromatic heterocycles. The fraction of sp³-hybridized carbons (Fsp3) is 0.375. The van der Waals surface area contributed by atoms with Gasteiger partial charge in [0, 0.05) is 16.7 Å². The van der Waals surface area contributed by atoms with Crippen molar-refractivity contribution < 1.29 is 0 Å². The van der Waals surface area contributed by atoms with Crippen molar-refractivity contribution >= 4 is 11.3 Å². The van der Waals surface area contributed by atoms with Crippen LogP contribution in [0, 0.1) is 27.7 Å². The molecule has 1 heteroatoms. The normalized spacial score (nSPS) is 10.2. The van der Waals surface area contributed by atoms with E-state index in [1.54, 1.807) is 11.3 Å². The summed E-state index contributed by atoms with van der Waals surface area (Å²) < 4.78 is 0. The SMILES string of the molecule is [CH]c1c(C)sc(C)c1C. The first-order valence-corrected chi connectivity index (χ1v) is 3.76. The van der Waals surface area contributed by atoms with Crippen LogP contribution >= 0.6 is 11.3 Å². The van der Waals surface area contributed by atoms with Gasteiger partial charge in [-0.2, -0.15) is 0 Å². The summed E-state index contributed by atoms with van der Waals surface area (Å²) in [7, 11) is 0. The van der Waals surface area contributed by atoms with Crippen molar-refractivity contribution in [2.75, 3.05) is 0 Å². The first-order valence-electron chi connectivity index (χ1n) is 2.95. The molecule has 0 unspecified atom stereocenters. The predicted octanol–water partition coefficient (Wildman–Crippen LogP) is 2.73. The number of rotatable bonds is 0. The largest absolute Gasteiger partial charge is 0.145 e. The van der Waals surface area contributed by atoms with E-state index in [9.17, 15) is 0 Å². The van der Waals surface area contributed by atoms with E-state index in [2.05, 4.69) is 20.8 Å². The highest BCUT2D eigenvalue weighted by atomic mass is 32.1. The quantitative estimate of drug-likeness (QED) is 0.517. The second-order valence-corrected chi connectivity index (χ2v) is 3.68. The van der Waals surface area contributed by atoms with Crippen LogP contribution in [0.25, 0.3) is 0 Å². The lowest BCUT2D eigenvalue weighted by Gasteiger charge is -1.88. The molecule has 0 fully saturated rings. The lowest BCUT2D eigenvalue weighted by molar-refractivity contribution is 1.38. The summed E-state index contributed by atoms with van der Waals surface area (Å²) in [4.78, 5) is 2.58. The highest BCUT2D eigenvalue weighted by Gasteiger charge is 2.02. The minimum atomic E-state index is 0.970. The van der Waals surface area contributed by atoms with Gasteiger partial charge in [-0.25, -0.2) is 0 Å². The Morgan fingerprint density at radius 3 is 1.78 bits per heavy atom. The van der Waals surface area contributed by atoms with Crippen LogP contribution in [0.5, 0.6) is 0 Å². The second kappa shape index (κ2) is 2.14. The molecule has 0 N–H and O–H groups in total. The molecule has 0 aromatic carbocycles. The third-order valence-electron chi connectivity index (χ3n) is 1.62. The maximum atomic E-state index is 5.71. The van der Waals surface area contributed by atoms with Crippen LogP contribution in [0.3, 0.4) is 0 Å². The summed E-state index contributed by atoms with van der Waals surface area (Å²) in [5.41, 5.74) is 2.22. The van der Waals surface area contributed by atoms with E-state index in [-0.39, 0.29) is 0 Å². The van der Waals surface area contributed by atoms with Crippen molar-refractivity contribution in [1.29, 1.82) is 0 Å². The van der Waals surface area contributed by atoms with Gasteiger partial charge in [0.1, 0.15) is 0 Å². The summed E-state index contributed by atoms with van der Waals surface area (Å²) in [5, 5.41) is 0. The third kappa shape index (κ3) is 1.01. The van der Waals surface area contributed by atoms with Gasteiger partial charge in [-0.05, 0) is 31.9 Å². The van der Waals surface area contributed by atoms with Gasteiger partial charge < -0.3 is 0 Å². The molecule has 48 valence electrons. The maximum absolute atomic E-state index is 5.71. The molecule has 0 aliphatic rings. The third-order valence-corrected chi connectivity index (χ3v) is 2.76. The van der Waals surface area contributed by atoms with Gasteiger partial charge in [-0.3, -0.25) is 0 Å². The summed E-state index contributed by atoms with van der Waals surface area (Å²) >= 11 is 1.77. The number of hydrogen-bond acceptors (Lipinski definition) is 1. The molecule has 1 aromatic rings. The van der Waals surface area contributed by atoms with E-state index in [0.29, 0.717) is 0 Å². The van der Waals surface area contributed by atoms with Crippen LogP contribution in [0.1, 0.15) is 20.9 Å². The standard InChI is InChI=1S/C8H10S/c1-5-6(2)8(4)9-7(5)3/h1H,2-4H3. The number of hydrogen-bond donors (Lipinski definition) is 0. The molecule has 0 saturated heterocycles. The molecule has 0 atom stereocenters. The Kier molecular flexibility index (Phi) is 1.62. The summed E-state index contributed by atoms with van der Waals surface area (Å²) in [6.45, 7) is 11.9. The first kappa shape index (κ1) is 6.81. The zero-order valence-corrected chi connectivity index (χ0v) is 6.80. The summed E-state index contributed by atoms with van der Waals surface area (Å²) in [6, 6.07) is 0. The van der Waals surface area contributed by atoms with Gasteiger partial charge in [0.05, 0.1) is 0 Å². The topological polar surface area (TPSA) is 0 Å². The van der Waals surface area contributed by atoms with Crippen LogP contribution in [0.2, 0.25) is 0 Å². The van der Waals surface area contributed by atoms with Crippen LogP contribution < -0.4 is 0 Å². The maximum Gasteiger partial charge on any atom is 0.00550 e. The average Bonchev–Trinajstić information content (AvgIpc) is 1.98. The molecule has 0 saturated carbocycles. The number of aryl methyl sites for hydroxylation is 2. The Balaban J connectivity index is 3.29. The highest BCUT2D eigenvalue weighted by molar-refractivity contribution is 7.12. The number of thiophene rings is 1. The van der Waals surface area contributed by atoms with E-state index in [0.717, 1.165) is 5.56 Å². The lowest BCUT2D eigenvalue weighted by atomic mass is 10.2. The Hall–Kier alpha value is -0.300. The average molecular weight is 138 g/mol. The van der Waals surface area contributed by atoms with Gasteiger partial charge >= 0.3 is 0 Å². The van der Waals surface area contributed by atoms with Crippen LogP contribution in [0.15, 0.2) is 0 Å². The van der Waals surface area contributed by atoms with Crippen molar-refractivity contribution in [2.45, 2.75) is 20.8 Å². The van der Waals surface area contributed by atoms with E-state index < -0.39 is 0 Å². The minimum absolute atomic E-state index is 0.970. The van der Waals surface area contributed by atoms with E-state index in [4.69, 9.17) is 6.92 Å². The lowest BCUT2D eigenvalue weighted by Crippen LogP contribution is -1.73. The summed E-state index contributed by atoms with van der Waals surface area (Å²) in [5.74, 6) is 0. The summed E-state index contributed by atoms with van der Waals surface area (Å²) in [6.07, 6.45) is 0. The molecule has 2 radical (unpaired) electrons. The molecule has 0 amide bonds. The van der Waals surface area contributed by atoms with E-state index >= 15 is 0 Å². The monoisotopic (exact) mass is 138 g/mol. The molecule has 0 spiro atoms. The second-order valence-electron chi connectivity index (χ2n) is 2.25. The first-order chi connectivity index (χ1) is 4.13. The van der Waals surface area contributed by atoms with Gasteiger partial charge in [-0.1, -0.05) is 0 Å². The fourth-order valence-electron chi connectivity index (χ4n) is 0.815. The van der Waals surface area contributed by atoms with E-state index in [1.165, 1.54) is 15.3 Å². The van der Waals surface area contributed by atoms with Crippen LogP contribution in [-0.4, -0.2) is 0 Å². The molecule has 0 aliphatic heterocycles. The van der Waals surface area contributed by atoms with Gasteiger partial charge in [0.2, 0.25) is 0 Å². The van der Waals surface area contributed by atoms with E-state index in [1.807, 2.05) is 0 Å². The highest BCUT2D eigenvalue weighted by Crippen LogP contribution is 2.24. The molecule has 0 bridgehead atoms. The van der Waals surface area contributed by atoms with Gasteiger partial charge in [0.25, 0.3) is 0 Å². The predicted molar refractivity (Wildman–Crippen MR) is 41.9 cm³/mol. The molecular formula is C8H10S. The molecular weight excluding hydrogens is 128 g/mol. The molecule has 9 heavy (non-hydrogen) atoms. The smallest absolute Gasteiger partial charge is 0.00550 e. The molecule has 0 aliphatic carbocycles. The Labute approximate surface area is 60.5 Å². The zero-order chi connectivity index (χ0) is 7.02. The van der Waals surface area contributed by atoms with Crippen molar-refractivity contribution in [3.63, 3.8) is 0 Å². The zero-order valence-electron chi connectivity index (χ0n) is 5.99. The Bertz CT molecular complexity index is 198. The van der Waals surface area contributed by atoms with Crippen LogP contribution in [0.4, 0.5) is 0 Å². The van der Waals surface area contributed by atoms with Crippen LogP contribution in [-0.2, 0) is 0 Å². The minimum Gasteiger partial charge on any atom is -0.145 e. The Morgan fingerprint density at radius 1 is 1.11 bits per heavy atom. The van der Waals surface area contributed by atoms with Crippen molar-refractivity contribution in [3.05, 3.63) is 27.8 Å². The fourth-order valence-corrected chi connectivity index (χ4v) is 1.80. The molecule has 1 heterocycles. The van der Waals surface area contributed by atoms with Gasteiger partial charge in [-0.15, -0.1) is 11.3 Å². The van der Waals surface area contributed by atoms with Crippen molar-refractivity contribution in [1.82, 2.24) is 0 Å². The van der Waals surface area contributed by atoms with Crippen molar-refractivity contribution in [3.8, 4) is 0 Å².